The lowest BCUT2D eigenvalue weighted by atomic mass is 10.2. The highest BCUT2D eigenvalue weighted by Crippen LogP contribution is 2.17. The molecule has 0 atom stereocenters. The summed E-state index contributed by atoms with van der Waals surface area (Å²) < 4.78 is 24.5. The Kier molecular flexibility index (Phi) is 7.42. The minimum Gasteiger partial charge on any atom is -0.352 e. The maximum Gasteiger partial charge on any atom is 0.169 e. The molecule has 1 rings (SSSR count). The van der Waals surface area contributed by atoms with E-state index in [4.69, 9.17) is 9.47 Å². The number of rotatable bonds is 8. The molecule has 0 spiro atoms. The number of hydrogen-bond donors (Lipinski definition) is 1. The van der Waals surface area contributed by atoms with Crippen molar-refractivity contribution in [1.82, 2.24) is 5.32 Å². The summed E-state index contributed by atoms with van der Waals surface area (Å²) in [6.45, 7) is 6.34. The van der Waals surface area contributed by atoms with E-state index in [9.17, 15) is 4.39 Å². The third kappa shape index (κ3) is 5.44. The zero-order chi connectivity index (χ0) is 13.4. The number of ether oxygens (including phenoxy) is 2. The minimum absolute atomic E-state index is 0.237. The molecule has 0 saturated heterocycles. The molecular formula is C13H19BrFNO2. The summed E-state index contributed by atoms with van der Waals surface area (Å²) in [6, 6.07) is 4.66. The molecule has 0 aliphatic carbocycles. The van der Waals surface area contributed by atoms with Crippen LogP contribution in [-0.2, 0) is 16.0 Å². The summed E-state index contributed by atoms with van der Waals surface area (Å²) in [5.74, 6) is -0.243. The van der Waals surface area contributed by atoms with Gasteiger partial charge in [0.15, 0.2) is 6.29 Å². The summed E-state index contributed by atoms with van der Waals surface area (Å²) in [4.78, 5) is 0. The van der Waals surface area contributed by atoms with E-state index in [0.717, 1.165) is 10.0 Å². The van der Waals surface area contributed by atoms with Gasteiger partial charge >= 0.3 is 0 Å². The quantitative estimate of drug-likeness (QED) is 0.747. The molecule has 5 heteroatoms. The average molecular weight is 320 g/mol. The Morgan fingerprint density at radius 2 is 1.94 bits per heavy atom. The molecule has 0 bridgehead atoms. The Bertz CT molecular complexity index is 357. The van der Waals surface area contributed by atoms with E-state index in [2.05, 4.69) is 21.2 Å². The highest BCUT2D eigenvalue weighted by atomic mass is 79.9. The van der Waals surface area contributed by atoms with Crippen LogP contribution in [0.25, 0.3) is 0 Å². The molecule has 1 aromatic rings. The second-order valence-corrected chi connectivity index (χ2v) is 4.56. The van der Waals surface area contributed by atoms with Gasteiger partial charge in [0, 0.05) is 30.8 Å². The van der Waals surface area contributed by atoms with Crippen LogP contribution < -0.4 is 5.32 Å². The molecule has 0 radical (unpaired) electrons. The fourth-order valence-electron chi connectivity index (χ4n) is 1.53. The van der Waals surface area contributed by atoms with E-state index in [0.29, 0.717) is 26.3 Å². The third-order valence-electron chi connectivity index (χ3n) is 2.35. The normalized spacial score (nSPS) is 11.2. The predicted molar refractivity (Wildman–Crippen MR) is 72.8 cm³/mol. The maximum atomic E-state index is 12.9. The van der Waals surface area contributed by atoms with Crippen molar-refractivity contribution in [3.8, 4) is 0 Å². The molecule has 102 valence electrons. The molecule has 0 aliphatic rings. The Morgan fingerprint density at radius 3 is 2.50 bits per heavy atom. The summed E-state index contributed by atoms with van der Waals surface area (Å²) in [5, 5.41) is 3.23. The molecule has 3 nitrogen and oxygen atoms in total. The number of nitrogens with one attached hydrogen (secondary N) is 1. The van der Waals surface area contributed by atoms with Crippen LogP contribution in [0.15, 0.2) is 22.7 Å². The van der Waals surface area contributed by atoms with Crippen molar-refractivity contribution < 1.29 is 13.9 Å². The van der Waals surface area contributed by atoms with Crippen molar-refractivity contribution >= 4 is 15.9 Å². The zero-order valence-corrected chi connectivity index (χ0v) is 12.3. The summed E-state index contributed by atoms with van der Waals surface area (Å²) in [5.41, 5.74) is 1.00. The predicted octanol–water partition coefficient (Wildman–Crippen LogP) is 3.08. The van der Waals surface area contributed by atoms with Gasteiger partial charge in [0.25, 0.3) is 0 Å². The lowest BCUT2D eigenvalue weighted by Gasteiger charge is -2.17. The Balaban J connectivity index is 2.39. The Hall–Kier alpha value is -0.490. The van der Waals surface area contributed by atoms with E-state index in [1.165, 1.54) is 12.1 Å². The number of halogens is 2. The van der Waals surface area contributed by atoms with Gasteiger partial charge in [-0.25, -0.2) is 4.39 Å². The number of benzene rings is 1. The first-order valence-electron chi connectivity index (χ1n) is 6.05. The van der Waals surface area contributed by atoms with Gasteiger partial charge in [-0.1, -0.05) is 22.0 Å². The van der Waals surface area contributed by atoms with Crippen LogP contribution in [0.5, 0.6) is 0 Å². The van der Waals surface area contributed by atoms with Crippen molar-refractivity contribution in [3.63, 3.8) is 0 Å². The highest BCUT2D eigenvalue weighted by molar-refractivity contribution is 9.10. The lowest BCUT2D eigenvalue weighted by molar-refractivity contribution is -0.133. The van der Waals surface area contributed by atoms with Crippen molar-refractivity contribution in [2.75, 3.05) is 19.8 Å². The summed E-state index contributed by atoms with van der Waals surface area (Å²) >= 11 is 3.33. The van der Waals surface area contributed by atoms with Gasteiger partial charge in [-0.2, -0.15) is 0 Å². The van der Waals surface area contributed by atoms with Crippen LogP contribution in [0.1, 0.15) is 19.4 Å². The molecule has 0 saturated carbocycles. The van der Waals surface area contributed by atoms with Crippen LogP contribution in [-0.4, -0.2) is 26.0 Å². The first kappa shape index (κ1) is 15.6. The third-order valence-corrected chi connectivity index (χ3v) is 3.08. The summed E-state index contributed by atoms with van der Waals surface area (Å²) in [7, 11) is 0. The monoisotopic (exact) mass is 319 g/mol. The average Bonchev–Trinajstić information content (AvgIpc) is 2.32. The number of hydrogen-bond acceptors (Lipinski definition) is 3. The topological polar surface area (TPSA) is 30.5 Å². The van der Waals surface area contributed by atoms with Crippen LogP contribution in [0.2, 0.25) is 0 Å². The molecule has 0 aliphatic heterocycles. The summed E-state index contributed by atoms with van der Waals surface area (Å²) in [6.07, 6.45) is -0.237. The molecule has 0 amide bonds. The van der Waals surface area contributed by atoms with Gasteiger partial charge in [-0.15, -0.1) is 0 Å². The standard InChI is InChI=1S/C13H19BrFNO2/c1-3-17-13(18-4-2)9-16-8-10-5-6-11(15)7-12(10)14/h5-7,13,16H,3-4,8-9H2,1-2H3. The molecule has 0 unspecified atom stereocenters. The molecule has 18 heavy (non-hydrogen) atoms. The van der Waals surface area contributed by atoms with E-state index in [-0.39, 0.29) is 12.1 Å². The van der Waals surface area contributed by atoms with Crippen molar-refractivity contribution in [2.24, 2.45) is 0 Å². The van der Waals surface area contributed by atoms with Crippen LogP contribution in [0.3, 0.4) is 0 Å². The Morgan fingerprint density at radius 1 is 1.28 bits per heavy atom. The fraction of sp³-hybridized carbons (Fsp3) is 0.538. The minimum atomic E-state index is -0.243. The van der Waals surface area contributed by atoms with Gasteiger partial charge < -0.3 is 14.8 Å². The van der Waals surface area contributed by atoms with E-state index in [1.54, 1.807) is 6.07 Å². The SMILES string of the molecule is CCOC(CNCc1ccc(F)cc1Br)OCC. The maximum absolute atomic E-state index is 12.9. The second kappa shape index (κ2) is 8.58. The van der Waals surface area contributed by atoms with Crippen LogP contribution in [0.4, 0.5) is 4.39 Å². The molecule has 1 aromatic carbocycles. The molecular weight excluding hydrogens is 301 g/mol. The molecule has 0 aromatic heterocycles. The molecule has 0 heterocycles. The van der Waals surface area contributed by atoms with Crippen molar-refractivity contribution in [1.29, 1.82) is 0 Å². The Labute approximate surface area is 116 Å². The lowest BCUT2D eigenvalue weighted by Crippen LogP contribution is -2.31. The van der Waals surface area contributed by atoms with Crippen LogP contribution in [0, 0.1) is 5.82 Å². The van der Waals surface area contributed by atoms with E-state index in [1.807, 2.05) is 13.8 Å². The smallest absolute Gasteiger partial charge is 0.169 e. The zero-order valence-electron chi connectivity index (χ0n) is 10.7. The van der Waals surface area contributed by atoms with Crippen LogP contribution >= 0.6 is 15.9 Å². The fourth-order valence-corrected chi connectivity index (χ4v) is 2.02. The first-order valence-corrected chi connectivity index (χ1v) is 6.84. The van der Waals surface area contributed by atoms with Gasteiger partial charge in [0.2, 0.25) is 0 Å². The van der Waals surface area contributed by atoms with Gasteiger partial charge in [-0.3, -0.25) is 0 Å². The molecule has 0 fully saturated rings. The van der Waals surface area contributed by atoms with Crippen molar-refractivity contribution in [2.45, 2.75) is 26.7 Å². The van der Waals surface area contributed by atoms with Gasteiger partial charge in [0.1, 0.15) is 5.82 Å². The van der Waals surface area contributed by atoms with E-state index >= 15 is 0 Å². The van der Waals surface area contributed by atoms with Crippen molar-refractivity contribution in [3.05, 3.63) is 34.1 Å². The second-order valence-electron chi connectivity index (χ2n) is 3.71. The van der Waals surface area contributed by atoms with Gasteiger partial charge in [-0.05, 0) is 31.5 Å². The first-order chi connectivity index (χ1) is 8.67. The highest BCUT2D eigenvalue weighted by Gasteiger charge is 2.07. The van der Waals surface area contributed by atoms with Gasteiger partial charge in [0.05, 0.1) is 0 Å². The molecule has 1 N–H and O–H groups in total. The largest absolute Gasteiger partial charge is 0.352 e. The van der Waals surface area contributed by atoms with E-state index < -0.39 is 0 Å².